The fourth-order valence-corrected chi connectivity index (χ4v) is 2.62. The summed E-state index contributed by atoms with van der Waals surface area (Å²) >= 11 is 16.0. The molecule has 0 bridgehead atoms. The maximum absolute atomic E-state index is 11.8. The molecule has 0 atom stereocenters. The van der Waals surface area contributed by atoms with Gasteiger partial charge in [-0.1, -0.05) is 85.7 Å². The van der Waals surface area contributed by atoms with Crippen molar-refractivity contribution < 1.29 is 19.1 Å². The van der Waals surface area contributed by atoms with Gasteiger partial charge in [0, 0.05) is 10.2 Å². The number of nitrogens with zero attached hydrogens (tertiary/aromatic N) is 1. The van der Waals surface area contributed by atoms with E-state index in [2.05, 4.69) is 79.6 Å². The van der Waals surface area contributed by atoms with Crippen molar-refractivity contribution in [3.05, 3.63) is 28.7 Å². The largest absolute Gasteiger partial charge is 0.462 e. The monoisotopic (exact) mass is 669 g/mol. The molecule has 10 heteroatoms. The Hall–Kier alpha value is 0.360. The first-order valence-corrected chi connectivity index (χ1v) is 11.3. The second-order valence-electron chi connectivity index (χ2n) is 4.96. The SMILES string of the molecule is CC(Br)(Br)C(=O)OCCN(CCOC(=O)C(Br)Br)c1cccc(Br)c1. The number of hydrogen-bond acceptors (Lipinski definition) is 5. The average molecular weight is 674 g/mol. The van der Waals surface area contributed by atoms with Crippen LogP contribution < -0.4 is 4.90 Å². The van der Waals surface area contributed by atoms with Crippen molar-refractivity contribution in [2.45, 2.75) is 13.9 Å². The van der Waals surface area contributed by atoms with Crippen molar-refractivity contribution in [3.63, 3.8) is 0 Å². The number of rotatable bonds is 9. The van der Waals surface area contributed by atoms with Crippen LogP contribution in [0.2, 0.25) is 0 Å². The van der Waals surface area contributed by atoms with Crippen LogP contribution in [0.5, 0.6) is 0 Å². The summed E-state index contributed by atoms with van der Waals surface area (Å²) in [6, 6.07) is 7.71. The molecule has 1 aromatic rings. The first kappa shape index (κ1) is 23.4. The van der Waals surface area contributed by atoms with Crippen LogP contribution in [-0.4, -0.2) is 45.2 Å². The third-order valence-corrected chi connectivity index (χ3v) is 4.80. The first-order chi connectivity index (χ1) is 11.6. The number of carbonyl (C=O) groups excluding carboxylic acids is 2. The first-order valence-electron chi connectivity index (χ1n) is 7.11. The van der Waals surface area contributed by atoms with Gasteiger partial charge in [0.1, 0.15) is 13.2 Å². The Morgan fingerprint density at radius 2 is 1.76 bits per heavy atom. The van der Waals surface area contributed by atoms with E-state index in [4.69, 9.17) is 9.47 Å². The molecule has 1 rings (SSSR count). The van der Waals surface area contributed by atoms with Gasteiger partial charge in [-0.25, -0.2) is 9.59 Å². The summed E-state index contributed by atoms with van der Waals surface area (Å²) in [6.07, 6.45) is 0. The summed E-state index contributed by atoms with van der Waals surface area (Å²) in [7, 11) is 0. The van der Waals surface area contributed by atoms with Crippen molar-refractivity contribution in [2.75, 3.05) is 31.2 Å². The van der Waals surface area contributed by atoms with E-state index in [9.17, 15) is 9.59 Å². The number of benzene rings is 1. The van der Waals surface area contributed by atoms with Crippen LogP contribution >= 0.6 is 79.6 Å². The van der Waals surface area contributed by atoms with E-state index in [1.54, 1.807) is 6.92 Å². The van der Waals surface area contributed by atoms with E-state index in [0.717, 1.165) is 10.2 Å². The van der Waals surface area contributed by atoms with Crippen molar-refractivity contribution in [2.24, 2.45) is 0 Å². The lowest BCUT2D eigenvalue weighted by Gasteiger charge is -2.25. The third-order valence-electron chi connectivity index (χ3n) is 2.91. The number of anilines is 1. The fourth-order valence-electron chi connectivity index (χ4n) is 1.74. The molecule has 1 aromatic carbocycles. The molecular weight excluding hydrogens is 658 g/mol. The highest BCUT2D eigenvalue weighted by atomic mass is 79.9. The molecule has 140 valence electrons. The zero-order valence-corrected chi connectivity index (χ0v) is 21.1. The van der Waals surface area contributed by atoms with Crippen LogP contribution in [0.15, 0.2) is 28.7 Å². The summed E-state index contributed by atoms with van der Waals surface area (Å²) in [5, 5.41) is 0. The van der Waals surface area contributed by atoms with E-state index < -0.39 is 18.9 Å². The standard InChI is InChI=1S/C15H16Br5NO4/c1-15(19,20)14(23)25-8-6-21(5-7-24-13(22)12(17)18)11-4-2-3-10(16)9-11/h2-4,9,12H,5-8H2,1H3. The lowest BCUT2D eigenvalue weighted by Crippen LogP contribution is -2.34. The predicted molar refractivity (Wildman–Crippen MR) is 116 cm³/mol. The van der Waals surface area contributed by atoms with E-state index in [1.165, 1.54) is 0 Å². The maximum Gasteiger partial charge on any atom is 0.333 e. The highest BCUT2D eigenvalue weighted by Gasteiger charge is 2.27. The lowest BCUT2D eigenvalue weighted by atomic mass is 10.3. The topological polar surface area (TPSA) is 55.8 Å². The molecular formula is C15H16Br5NO4. The summed E-state index contributed by atoms with van der Waals surface area (Å²) in [5.74, 6) is -0.801. The van der Waals surface area contributed by atoms with Gasteiger partial charge in [-0.05, 0) is 25.1 Å². The van der Waals surface area contributed by atoms with Gasteiger partial charge in [-0.15, -0.1) is 0 Å². The van der Waals surface area contributed by atoms with Gasteiger partial charge >= 0.3 is 11.9 Å². The summed E-state index contributed by atoms with van der Waals surface area (Å²) < 4.78 is 9.90. The number of esters is 2. The maximum atomic E-state index is 11.8. The Bertz CT molecular complexity index is 592. The zero-order chi connectivity index (χ0) is 19.0. The molecule has 0 unspecified atom stereocenters. The Balaban J connectivity index is 2.65. The summed E-state index contributed by atoms with van der Waals surface area (Å²) in [6.45, 7) is 2.99. The highest BCUT2D eigenvalue weighted by Crippen LogP contribution is 2.26. The number of alkyl halides is 4. The smallest absolute Gasteiger partial charge is 0.333 e. The average Bonchev–Trinajstić information content (AvgIpc) is 2.51. The molecule has 0 spiro atoms. The minimum atomic E-state index is -0.906. The van der Waals surface area contributed by atoms with Crippen molar-refractivity contribution >= 4 is 97.3 Å². The van der Waals surface area contributed by atoms with E-state index >= 15 is 0 Å². The van der Waals surface area contributed by atoms with E-state index in [0.29, 0.717) is 13.1 Å². The second kappa shape index (κ2) is 11.3. The Morgan fingerprint density at radius 1 is 1.16 bits per heavy atom. The molecule has 0 radical (unpaired) electrons. The Morgan fingerprint density at radius 3 is 2.28 bits per heavy atom. The Kier molecular flexibility index (Phi) is 10.5. The van der Waals surface area contributed by atoms with Crippen LogP contribution in [-0.2, 0) is 19.1 Å². The molecule has 0 aromatic heterocycles. The molecule has 0 aliphatic rings. The minimum absolute atomic E-state index is 0.200. The van der Waals surface area contributed by atoms with E-state index in [1.807, 2.05) is 29.2 Å². The van der Waals surface area contributed by atoms with Crippen LogP contribution in [0, 0.1) is 0 Å². The number of ether oxygens (including phenoxy) is 2. The van der Waals surface area contributed by atoms with Gasteiger partial charge in [0.15, 0.2) is 6.97 Å². The van der Waals surface area contributed by atoms with Crippen molar-refractivity contribution in [3.8, 4) is 0 Å². The summed E-state index contributed by atoms with van der Waals surface area (Å²) in [5.41, 5.74) is 0.927. The van der Waals surface area contributed by atoms with Gasteiger partial charge in [0.25, 0.3) is 0 Å². The molecule has 5 nitrogen and oxygen atoms in total. The third kappa shape index (κ3) is 9.21. The highest BCUT2D eigenvalue weighted by molar-refractivity contribution is 9.26. The lowest BCUT2D eigenvalue weighted by molar-refractivity contribution is -0.142. The molecule has 0 amide bonds. The van der Waals surface area contributed by atoms with Gasteiger partial charge in [0.2, 0.25) is 0 Å². The number of halogens is 5. The van der Waals surface area contributed by atoms with Gasteiger partial charge < -0.3 is 14.4 Å². The minimum Gasteiger partial charge on any atom is -0.462 e. The normalized spacial score (nSPS) is 11.3. The van der Waals surface area contributed by atoms with Crippen LogP contribution in [0.4, 0.5) is 5.69 Å². The molecule has 0 fully saturated rings. The predicted octanol–water partition coefficient (Wildman–Crippen LogP) is 4.96. The zero-order valence-electron chi connectivity index (χ0n) is 13.2. The number of hydrogen-bond donors (Lipinski definition) is 0. The molecule has 0 aliphatic carbocycles. The molecule has 25 heavy (non-hydrogen) atoms. The fraction of sp³-hybridized carbons (Fsp3) is 0.467. The molecule has 0 N–H and O–H groups in total. The van der Waals surface area contributed by atoms with Crippen molar-refractivity contribution in [1.29, 1.82) is 0 Å². The van der Waals surface area contributed by atoms with Crippen molar-refractivity contribution in [1.82, 2.24) is 0 Å². The van der Waals surface area contributed by atoms with Gasteiger partial charge in [-0.3, -0.25) is 0 Å². The number of carbonyl (C=O) groups is 2. The van der Waals surface area contributed by atoms with Crippen LogP contribution in [0.3, 0.4) is 0 Å². The second-order valence-corrected chi connectivity index (χ2v) is 13.2. The molecule has 0 aliphatic heterocycles. The van der Waals surface area contributed by atoms with E-state index in [-0.39, 0.29) is 13.2 Å². The summed E-state index contributed by atoms with van der Waals surface area (Å²) in [4.78, 5) is 25.3. The Labute approximate surface area is 188 Å². The molecule has 0 saturated heterocycles. The molecule has 0 saturated carbocycles. The quantitative estimate of drug-likeness (QED) is 0.274. The molecule has 0 heterocycles. The van der Waals surface area contributed by atoms with Crippen LogP contribution in [0.1, 0.15) is 6.92 Å². The van der Waals surface area contributed by atoms with Gasteiger partial charge in [0.05, 0.1) is 13.1 Å². The van der Waals surface area contributed by atoms with Crippen LogP contribution in [0.25, 0.3) is 0 Å². The van der Waals surface area contributed by atoms with Gasteiger partial charge in [-0.2, -0.15) is 0 Å².